The molecule has 10 atom stereocenters. The Morgan fingerprint density at radius 2 is 1.75 bits per heavy atom. The highest BCUT2D eigenvalue weighted by Gasteiger charge is 2.79. The number of aliphatic hydroxyl groups is 4. The van der Waals surface area contributed by atoms with Crippen molar-refractivity contribution in [1.82, 2.24) is 0 Å². The molecule has 180 valence electrons. The molecule has 4 N–H and O–H groups in total. The van der Waals surface area contributed by atoms with E-state index in [9.17, 15) is 30.0 Å². The van der Waals surface area contributed by atoms with Gasteiger partial charge >= 0.3 is 11.9 Å². The lowest BCUT2D eigenvalue weighted by atomic mass is 9.33. The summed E-state index contributed by atoms with van der Waals surface area (Å²) in [7, 11) is 0. The topological polar surface area (TPSA) is 134 Å². The molecule has 0 radical (unpaired) electrons. The van der Waals surface area contributed by atoms with E-state index in [-0.39, 0.29) is 18.9 Å². The molecule has 5 aliphatic carbocycles. The van der Waals surface area contributed by atoms with Crippen LogP contribution in [0.1, 0.15) is 59.8 Å². The second kappa shape index (κ2) is 7.26. The first-order valence-corrected chi connectivity index (χ1v) is 11.5. The lowest BCUT2D eigenvalue weighted by molar-refractivity contribution is -0.362. The van der Waals surface area contributed by atoms with Gasteiger partial charge in [0, 0.05) is 30.1 Å². The van der Waals surface area contributed by atoms with Gasteiger partial charge in [0.15, 0.2) is 0 Å². The first-order valence-electron chi connectivity index (χ1n) is 11.5. The summed E-state index contributed by atoms with van der Waals surface area (Å²) in [5, 5.41) is 46.6. The molecule has 32 heavy (non-hydrogen) atoms. The van der Waals surface area contributed by atoms with E-state index in [0.29, 0.717) is 31.3 Å². The first kappa shape index (κ1) is 23.7. The molecule has 5 aliphatic rings. The molecule has 0 amide bonds. The molecule has 0 heterocycles. The second-order valence-electron chi connectivity index (χ2n) is 11.1. The summed E-state index contributed by atoms with van der Waals surface area (Å²) in [5.41, 5.74) is -4.46. The average Bonchev–Trinajstić information content (AvgIpc) is 2.71. The maximum Gasteiger partial charge on any atom is 0.302 e. The highest BCUT2D eigenvalue weighted by Crippen LogP contribution is 2.73. The Kier molecular flexibility index (Phi) is 5.37. The molecule has 0 aliphatic heterocycles. The zero-order chi connectivity index (χ0) is 23.9. The summed E-state index contributed by atoms with van der Waals surface area (Å²) >= 11 is 0. The predicted octanol–water partition coefficient (Wildman–Crippen LogP) is 1.09. The lowest BCUT2D eigenvalue weighted by Crippen LogP contribution is -2.82. The average molecular weight is 453 g/mol. The number of hydrogen-bond donors (Lipinski definition) is 4. The quantitative estimate of drug-likeness (QED) is 0.369. The Balaban J connectivity index is 1.88. The van der Waals surface area contributed by atoms with Crippen molar-refractivity contribution in [3.05, 3.63) is 12.2 Å². The monoisotopic (exact) mass is 452 g/mol. The molecule has 0 aromatic rings. The Labute approximate surface area is 188 Å². The fraction of sp³-hybridized carbons (Fsp3) is 0.833. The van der Waals surface area contributed by atoms with Gasteiger partial charge in [-0.1, -0.05) is 20.4 Å². The van der Waals surface area contributed by atoms with E-state index >= 15 is 0 Å². The number of rotatable bonds is 3. The first-order chi connectivity index (χ1) is 14.8. The van der Waals surface area contributed by atoms with Crippen LogP contribution in [0, 0.1) is 28.1 Å². The van der Waals surface area contributed by atoms with Crippen LogP contribution in [-0.4, -0.2) is 69.0 Å². The number of aliphatic hydroxyl groups excluding tert-OH is 3. The van der Waals surface area contributed by atoms with E-state index in [2.05, 4.69) is 6.58 Å². The molecule has 0 unspecified atom stereocenters. The van der Waals surface area contributed by atoms with Gasteiger partial charge in [-0.2, -0.15) is 0 Å². The molecule has 5 fully saturated rings. The van der Waals surface area contributed by atoms with Crippen LogP contribution < -0.4 is 0 Å². The van der Waals surface area contributed by atoms with Gasteiger partial charge in [0.05, 0.1) is 24.9 Å². The normalized spacial score (nSPS) is 52.1. The van der Waals surface area contributed by atoms with Crippen LogP contribution in [-0.2, 0) is 19.1 Å². The molecule has 1 spiro atoms. The van der Waals surface area contributed by atoms with Gasteiger partial charge in [-0.25, -0.2) is 0 Å². The van der Waals surface area contributed by atoms with Gasteiger partial charge < -0.3 is 29.9 Å². The summed E-state index contributed by atoms with van der Waals surface area (Å²) in [5.74, 6) is -1.54. The number of fused-ring (bicyclic) bond motifs is 3. The van der Waals surface area contributed by atoms with E-state index in [1.807, 2.05) is 0 Å². The number of carbonyl (C=O) groups is 2. The fourth-order valence-electron chi connectivity index (χ4n) is 8.12. The molecule has 8 heteroatoms. The Morgan fingerprint density at radius 1 is 1.09 bits per heavy atom. The van der Waals surface area contributed by atoms with Crippen molar-refractivity contribution in [3.8, 4) is 0 Å². The van der Waals surface area contributed by atoms with Crippen molar-refractivity contribution in [1.29, 1.82) is 0 Å². The van der Waals surface area contributed by atoms with Gasteiger partial charge in [0.1, 0.15) is 11.7 Å². The van der Waals surface area contributed by atoms with Gasteiger partial charge in [0.2, 0.25) is 0 Å². The van der Waals surface area contributed by atoms with Crippen LogP contribution in [0.5, 0.6) is 0 Å². The molecule has 8 nitrogen and oxygen atoms in total. The number of hydrogen-bond acceptors (Lipinski definition) is 8. The van der Waals surface area contributed by atoms with E-state index in [1.54, 1.807) is 13.8 Å². The van der Waals surface area contributed by atoms with Crippen LogP contribution in [0.25, 0.3) is 0 Å². The highest BCUT2D eigenvalue weighted by atomic mass is 16.5. The van der Waals surface area contributed by atoms with E-state index in [4.69, 9.17) is 9.47 Å². The Hall–Kier alpha value is -1.48. The van der Waals surface area contributed by atoms with Crippen molar-refractivity contribution >= 4 is 11.9 Å². The predicted molar refractivity (Wildman–Crippen MR) is 113 cm³/mol. The lowest BCUT2D eigenvalue weighted by Gasteiger charge is -2.74. The van der Waals surface area contributed by atoms with Crippen molar-refractivity contribution in [2.45, 2.75) is 89.8 Å². The number of carbonyl (C=O) groups excluding carboxylic acids is 2. The van der Waals surface area contributed by atoms with Crippen molar-refractivity contribution in [2.24, 2.45) is 28.1 Å². The molecular formula is C24H36O8. The zero-order valence-electron chi connectivity index (χ0n) is 19.3. The standard InChI is InChI=1S/C24H36O8/c1-12-15-8-16-22(5)17(27)6-7-21(4,11-31-13(2)25)24(22,30)18(28)10-23(16,20(12)29)19(9-15)32-14(3)26/h15-20,27-30H,1,6-11H2,2-5H3/t15-,16+,17-,18-,19-,20-,21+,22-,23+,24+/m1/s1. The minimum atomic E-state index is -1.79. The van der Waals surface area contributed by atoms with Crippen LogP contribution in [0.4, 0.5) is 0 Å². The maximum absolute atomic E-state index is 12.3. The van der Waals surface area contributed by atoms with E-state index in [1.165, 1.54) is 13.8 Å². The summed E-state index contributed by atoms with van der Waals surface area (Å²) in [6.45, 7) is 10.1. The Bertz CT molecular complexity index is 842. The smallest absolute Gasteiger partial charge is 0.302 e. The second-order valence-corrected chi connectivity index (χ2v) is 11.1. The molecule has 5 rings (SSSR count). The molecule has 5 saturated carbocycles. The summed E-state index contributed by atoms with van der Waals surface area (Å²) < 4.78 is 11.0. The summed E-state index contributed by atoms with van der Waals surface area (Å²) in [6.07, 6.45) is -2.28. The summed E-state index contributed by atoms with van der Waals surface area (Å²) in [4.78, 5) is 23.5. The SMILES string of the molecule is C=C1[C@@H]2C[C@@H]3[C@](C[C@@H](O)[C@]4(O)[C@](C)(COC(C)=O)CC[C@@H](O)[C@@]34C)([C@@H]1O)[C@H](OC(C)=O)C2. The molecule has 2 bridgehead atoms. The molecule has 0 aromatic carbocycles. The van der Waals surface area contributed by atoms with Gasteiger partial charge in [-0.15, -0.1) is 0 Å². The minimum Gasteiger partial charge on any atom is -0.465 e. The molecule has 0 aromatic heterocycles. The van der Waals surface area contributed by atoms with Crippen molar-refractivity contribution in [3.63, 3.8) is 0 Å². The van der Waals surface area contributed by atoms with Crippen LogP contribution in [0.15, 0.2) is 12.2 Å². The van der Waals surface area contributed by atoms with Crippen molar-refractivity contribution in [2.75, 3.05) is 6.61 Å². The van der Waals surface area contributed by atoms with E-state index < -0.39 is 64.1 Å². The fourth-order valence-corrected chi connectivity index (χ4v) is 8.12. The van der Waals surface area contributed by atoms with Crippen LogP contribution in [0.2, 0.25) is 0 Å². The third kappa shape index (κ3) is 2.70. The van der Waals surface area contributed by atoms with Gasteiger partial charge in [0.25, 0.3) is 0 Å². The van der Waals surface area contributed by atoms with Crippen LogP contribution >= 0.6 is 0 Å². The minimum absolute atomic E-state index is 0.0169. The van der Waals surface area contributed by atoms with Crippen LogP contribution in [0.3, 0.4) is 0 Å². The highest BCUT2D eigenvalue weighted by molar-refractivity contribution is 5.66. The zero-order valence-corrected chi connectivity index (χ0v) is 19.3. The third-order valence-corrected chi connectivity index (χ3v) is 9.71. The number of esters is 2. The number of ether oxygens (including phenoxy) is 2. The van der Waals surface area contributed by atoms with Gasteiger partial charge in [-0.05, 0) is 49.5 Å². The Morgan fingerprint density at radius 3 is 2.34 bits per heavy atom. The molecular weight excluding hydrogens is 416 g/mol. The summed E-state index contributed by atoms with van der Waals surface area (Å²) in [6, 6.07) is 0. The largest absolute Gasteiger partial charge is 0.465 e. The maximum atomic E-state index is 12.3. The third-order valence-electron chi connectivity index (χ3n) is 9.71. The molecule has 0 saturated heterocycles. The van der Waals surface area contributed by atoms with E-state index in [0.717, 1.165) is 0 Å². The van der Waals surface area contributed by atoms with Crippen molar-refractivity contribution < 1.29 is 39.5 Å². The van der Waals surface area contributed by atoms with Gasteiger partial charge in [-0.3, -0.25) is 9.59 Å².